The molecule has 0 heterocycles. The van der Waals surface area contributed by atoms with E-state index in [1.165, 1.54) is 12.1 Å². The molecule has 0 fully saturated rings. The van der Waals surface area contributed by atoms with Crippen molar-refractivity contribution in [1.29, 1.82) is 0 Å². The summed E-state index contributed by atoms with van der Waals surface area (Å²) in [6, 6.07) is 6.26. The van der Waals surface area contributed by atoms with Crippen LogP contribution in [0, 0.1) is 5.82 Å². The minimum absolute atomic E-state index is 0.242. The summed E-state index contributed by atoms with van der Waals surface area (Å²) in [6.45, 7) is 7.47. The Hall–Kier alpha value is -1.70. The van der Waals surface area contributed by atoms with Crippen molar-refractivity contribution in [2.75, 3.05) is 0 Å². The summed E-state index contributed by atoms with van der Waals surface area (Å²) in [7, 11) is 0. The maximum Gasteiger partial charge on any atom is 0.123 e. The molecule has 1 rings (SSSR count). The normalized spacial score (nSPS) is 11.0. The van der Waals surface area contributed by atoms with Crippen LogP contribution in [0.3, 0.4) is 0 Å². The SMILES string of the molecule is C=C/C=C(\N=C(C)C)c1ccc(F)cc1. The van der Waals surface area contributed by atoms with Gasteiger partial charge in [-0.1, -0.05) is 12.7 Å². The highest BCUT2D eigenvalue weighted by atomic mass is 19.1. The molecule has 0 aliphatic heterocycles. The van der Waals surface area contributed by atoms with Gasteiger partial charge in [-0.3, -0.25) is 4.99 Å². The number of aliphatic imine (C=N–C) groups is 1. The molecule has 0 aliphatic rings. The quantitative estimate of drug-likeness (QED) is 0.523. The van der Waals surface area contributed by atoms with Crippen LogP contribution >= 0.6 is 0 Å². The van der Waals surface area contributed by atoms with Crippen LogP contribution in [-0.4, -0.2) is 5.71 Å². The highest BCUT2D eigenvalue weighted by Gasteiger charge is 1.99. The van der Waals surface area contributed by atoms with Crippen molar-refractivity contribution in [3.8, 4) is 0 Å². The summed E-state index contributed by atoms with van der Waals surface area (Å²) in [6.07, 6.45) is 3.48. The van der Waals surface area contributed by atoms with Crippen LogP contribution in [0.25, 0.3) is 5.70 Å². The molecular weight excluding hydrogens is 189 g/mol. The van der Waals surface area contributed by atoms with E-state index < -0.39 is 0 Å². The van der Waals surface area contributed by atoms with Crippen LogP contribution in [0.4, 0.5) is 4.39 Å². The molecule has 0 radical (unpaired) electrons. The van der Waals surface area contributed by atoms with Gasteiger partial charge in [-0.15, -0.1) is 0 Å². The van der Waals surface area contributed by atoms with Crippen LogP contribution < -0.4 is 0 Å². The fraction of sp³-hybridized carbons (Fsp3) is 0.154. The van der Waals surface area contributed by atoms with E-state index in [1.807, 2.05) is 13.8 Å². The van der Waals surface area contributed by atoms with Gasteiger partial charge < -0.3 is 0 Å². The zero-order valence-corrected chi connectivity index (χ0v) is 9.00. The van der Waals surface area contributed by atoms with Gasteiger partial charge in [0.1, 0.15) is 5.82 Å². The highest BCUT2D eigenvalue weighted by Crippen LogP contribution is 2.16. The van der Waals surface area contributed by atoms with Gasteiger partial charge in [0, 0.05) is 11.3 Å². The molecule has 0 aromatic heterocycles. The Morgan fingerprint density at radius 3 is 2.33 bits per heavy atom. The smallest absolute Gasteiger partial charge is 0.123 e. The molecule has 0 N–H and O–H groups in total. The first kappa shape index (κ1) is 11.4. The van der Waals surface area contributed by atoms with Gasteiger partial charge in [0.25, 0.3) is 0 Å². The lowest BCUT2D eigenvalue weighted by molar-refractivity contribution is 0.627. The zero-order chi connectivity index (χ0) is 11.3. The average molecular weight is 203 g/mol. The Labute approximate surface area is 89.7 Å². The van der Waals surface area contributed by atoms with Crippen molar-refractivity contribution in [1.82, 2.24) is 0 Å². The molecule has 1 nitrogen and oxygen atoms in total. The number of benzene rings is 1. The van der Waals surface area contributed by atoms with Crippen LogP contribution in [-0.2, 0) is 0 Å². The molecule has 0 amide bonds. The lowest BCUT2D eigenvalue weighted by Gasteiger charge is -2.02. The first-order chi connectivity index (χ1) is 7.13. The van der Waals surface area contributed by atoms with E-state index in [9.17, 15) is 4.39 Å². The summed E-state index contributed by atoms with van der Waals surface area (Å²) in [5.74, 6) is -0.242. The summed E-state index contributed by atoms with van der Waals surface area (Å²) in [5.41, 5.74) is 2.63. The predicted molar refractivity (Wildman–Crippen MR) is 63.4 cm³/mol. The second-order valence-electron chi connectivity index (χ2n) is 3.35. The minimum Gasteiger partial charge on any atom is -0.258 e. The minimum atomic E-state index is -0.242. The van der Waals surface area contributed by atoms with Crippen molar-refractivity contribution in [3.63, 3.8) is 0 Å². The van der Waals surface area contributed by atoms with Gasteiger partial charge in [0.15, 0.2) is 0 Å². The van der Waals surface area contributed by atoms with E-state index in [1.54, 1.807) is 24.3 Å². The molecule has 0 spiro atoms. The second-order valence-corrected chi connectivity index (χ2v) is 3.35. The Bertz CT molecular complexity index is 395. The maximum absolute atomic E-state index is 12.7. The third-order valence-corrected chi connectivity index (χ3v) is 1.76. The first-order valence-corrected chi connectivity index (χ1v) is 4.74. The maximum atomic E-state index is 12.7. The average Bonchev–Trinajstić information content (AvgIpc) is 2.17. The Morgan fingerprint density at radius 1 is 1.27 bits per heavy atom. The number of allylic oxidation sites excluding steroid dienone is 2. The van der Waals surface area contributed by atoms with E-state index in [-0.39, 0.29) is 5.82 Å². The zero-order valence-electron chi connectivity index (χ0n) is 9.00. The molecule has 1 aromatic rings. The Kier molecular flexibility index (Phi) is 3.98. The third-order valence-electron chi connectivity index (χ3n) is 1.76. The van der Waals surface area contributed by atoms with Gasteiger partial charge in [-0.05, 0) is 44.2 Å². The second kappa shape index (κ2) is 5.25. The van der Waals surface area contributed by atoms with Crippen molar-refractivity contribution in [2.24, 2.45) is 4.99 Å². The molecule has 0 unspecified atom stereocenters. The lowest BCUT2D eigenvalue weighted by atomic mass is 10.1. The molecule has 0 bridgehead atoms. The summed E-state index contributed by atoms with van der Waals surface area (Å²) in [5, 5.41) is 0. The molecule has 0 saturated heterocycles. The number of rotatable bonds is 3. The van der Waals surface area contributed by atoms with Crippen LogP contribution in [0.5, 0.6) is 0 Å². The van der Waals surface area contributed by atoms with Gasteiger partial charge >= 0.3 is 0 Å². The summed E-state index contributed by atoms with van der Waals surface area (Å²) >= 11 is 0. The molecule has 78 valence electrons. The van der Waals surface area contributed by atoms with Crippen LogP contribution in [0.15, 0.2) is 48.0 Å². The van der Waals surface area contributed by atoms with E-state index in [0.717, 1.165) is 17.0 Å². The molecule has 1 aromatic carbocycles. The number of nitrogens with zero attached hydrogens (tertiary/aromatic N) is 1. The van der Waals surface area contributed by atoms with Gasteiger partial charge in [0.2, 0.25) is 0 Å². The Morgan fingerprint density at radius 2 is 1.87 bits per heavy atom. The van der Waals surface area contributed by atoms with E-state index in [2.05, 4.69) is 11.6 Å². The standard InChI is InChI=1S/C13H14FN/c1-4-5-13(15-10(2)3)11-6-8-12(14)9-7-11/h4-9H,1H2,2-3H3/b13-5-. The van der Waals surface area contributed by atoms with E-state index in [4.69, 9.17) is 0 Å². The summed E-state index contributed by atoms with van der Waals surface area (Å²) < 4.78 is 12.7. The van der Waals surface area contributed by atoms with Gasteiger partial charge in [0.05, 0.1) is 5.70 Å². The molecule has 2 heteroatoms. The topological polar surface area (TPSA) is 12.4 Å². The van der Waals surface area contributed by atoms with E-state index in [0.29, 0.717) is 0 Å². The summed E-state index contributed by atoms with van der Waals surface area (Å²) in [4.78, 5) is 4.35. The molecular formula is C13H14FN. The van der Waals surface area contributed by atoms with Crippen LogP contribution in [0.2, 0.25) is 0 Å². The fourth-order valence-electron chi connectivity index (χ4n) is 1.17. The largest absolute Gasteiger partial charge is 0.258 e. The monoisotopic (exact) mass is 203 g/mol. The predicted octanol–water partition coefficient (Wildman–Crippen LogP) is 3.83. The third kappa shape index (κ3) is 3.50. The number of halogens is 1. The molecule has 15 heavy (non-hydrogen) atoms. The molecule has 0 atom stereocenters. The number of hydrogen-bond donors (Lipinski definition) is 0. The number of hydrogen-bond acceptors (Lipinski definition) is 1. The highest BCUT2D eigenvalue weighted by molar-refractivity contribution is 5.86. The fourth-order valence-corrected chi connectivity index (χ4v) is 1.17. The molecule has 0 aliphatic carbocycles. The van der Waals surface area contributed by atoms with Crippen molar-refractivity contribution in [2.45, 2.75) is 13.8 Å². The van der Waals surface area contributed by atoms with Crippen molar-refractivity contribution in [3.05, 3.63) is 54.4 Å². The first-order valence-electron chi connectivity index (χ1n) is 4.74. The Balaban J connectivity index is 3.11. The van der Waals surface area contributed by atoms with Crippen LogP contribution in [0.1, 0.15) is 19.4 Å². The lowest BCUT2D eigenvalue weighted by Crippen LogP contribution is -1.86. The van der Waals surface area contributed by atoms with Crippen molar-refractivity contribution < 1.29 is 4.39 Å². The van der Waals surface area contributed by atoms with Crippen molar-refractivity contribution >= 4 is 11.4 Å². The van der Waals surface area contributed by atoms with E-state index >= 15 is 0 Å². The molecule has 0 saturated carbocycles. The van der Waals surface area contributed by atoms with Gasteiger partial charge in [-0.25, -0.2) is 4.39 Å². The van der Waals surface area contributed by atoms with Gasteiger partial charge in [-0.2, -0.15) is 0 Å².